The number of carbonyl (C=O) groups excluding carboxylic acids is 2. The number of benzene rings is 2. The van der Waals surface area contributed by atoms with Crippen molar-refractivity contribution in [3.63, 3.8) is 0 Å². The van der Waals surface area contributed by atoms with E-state index in [0.29, 0.717) is 17.2 Å². The molecular formula is C23H26F2N2O4. The summed E-state index contributed by atoms with van der Waals surface area (Å²) in [7, 11) is 1.54. The lowest BCUT2D eigenvalue weighted by molar-refractivity contribution is -0.120. The molecule has 0 heterocycles. The Morgan fingerprint density at radius 3 is 2.39 bits per heavy atom. The van der Waals surface area contributed by atoms with E-state index in [1.807, 2.05) is 0 Å². The van der Waals surface area contributed by atoms with E-state index in [1.165, 1.54) is 20.1 Å². The van der Waals surface area contributed by atoms with Crippen molar-refractivity contribution in [3.8, 4) is 11.5 Å². The zero-order chi connectivity index (χ0) is 22.4. The van der Waals surface area contributed by atoms with Gasteiger partial charge >= 0.3 is 0 Å². The van der Waals surface area contributed by atoms with Gasteiger partial charge < -0.3 is 20.1 Å². The Kier molecular flexibility index (Phi) is 7.44. The first-order chi connectivity index (χ1) is 14.9. The van der Waals surface area contributed by atoms with Gasteiger partial charge in [-0.3, -0.25) is 9.59 Å². The van der Waals surface area contributed by atoms with Crippen LogP contribution in [0.1, 0.15) is 50.6 Å². The first-order valence-corrected chi connectivity index (χ1v) is 10.2. The lowest BCUT2D eigenvalue weighted by Gasteiger charge is -2.20. The number of hydrogen-bond acceptors (Lipinski definition) is 4. The Balaban J connectivity index is 1.75. The van der Waals surface area contributed by atoms with Gasteiger partial charge in [-0.25, -0.2) is 8.78 Å². The highest BCUT2D eigenvalue weighted by Gasteiger charge is 2.24. The Morgan fingerprint density at radius 2 is 1.77 bits per heavy atom. The number of hydrogen-bond donors (Lipinski definition) is 2. The molecule has 1 saturated carbocycles. The predicted octanol–water partition coefficient (Wildman–Crippen LogP) is 4.50. The van der Waals surface area contributed by atoms with Crippen molar-refractivity contribution in [1.29, 1.82) is 0 Å². The molecule has 6 nitrogen and oxygen atoms in total. The second-order valence-electron chi connectivity index (χ2n) is 7.53. The van der Waals surface area contributed by atoms with Crippen LogP contribution < -0.4 is 20.1 Å². The molecule has 166 valence electrons. The van der Waals surface area contributed by atoms with Gasteiger partial charge in [0.1, 0.15) is 11.6 Å². The molecule has 8 heteroatoms. The minimum absolute atomic E-state index is 0.105. The van der Waals surface area contributed by atoms with Gasteiger partial charge in [0.2, 0.25) is 11.8 Å². The van der Waals surface area contributed by atoms with E-state index in [9.17, 15) is 18.4 Å². The predicted molar refractivity (Wildman–Crippen MR) is 112 cm³/mol. The quantitative estimate of drug-likeness (QED) is 0.644. The average Bonchev–Trinajstić information content (AvgIpc) is 3.20. The SMILES string of the molecule is COc1ccc(NC(=O)CC(NC(C)=O)c2c(F)cccc2F)cc1OC1CCCC1. The average molecular weight is 432 g/mol. The molecule has 0 saturated heterocycles. The van der Waals surface area contributed by atoms with Crippen molar-refractivity contribution >= 4 is 17.5 Å². The highest BCUT2D eigenvalue weighted by molar-refractivity contribution is 5.92. The lowest BCUT2D eigenvalue weighted by Crippen LogP contribution is -2.31. The second-order valence-corrected chi connectivity index (χ2v) is 7.53. The van der Waals surface area contributed by atoms with Crippen molar-refractivity contribution in [2.75, 3.05) is 12.4 Å². The summed E-state index contributed by atoms with van der Waals surface area (Å²) < 4.78 is 39.8. The van der Waals surface area contributed by atoms with Gasteiger partial charge in [0.25, 0.3) is 0 Å². The van der Waals surface area contributed by atoms with Crippen LogP contribution in [0.2, 0.25) is 0 Å². The van der Waals surface area contributed by atoms with Crippen molar-refractivity contribution in [1.82, 2.24) is 5.32 Å². The number of halogens is 2. The van der Waals surface area contributed by atoms with Crippen LogP contribution >= 0.6 is 0 Å². The van der Waals surface area contributed by atoms with E-state index in [0.717, 1.165) is 37.8 Å². The summed E-state index contributed by atoms with van der Waals surface area (Å²) in [5.41, 5.74) is 0.0993. The van der Waals surface area contributed by atoms with Crippen molar-refractivity contribution in [2.45, 2.75) is 51.2 Å². The molecule has 0 spiro atoms. The third-order valence-electron chi connectivity index (χ3n) is 5.16. The third kappa shape index (κ3) is 5.93. The molecule has 2 aromatic carbocycles. The molecule has 2 amide bonds. The fourth-order valence-electron chi connectivity index (χ4n) is 3.74. The summed E-state index contributed by atoms with van der Waals surface area (Å²) in [6.45, 7) is 1.22. The van der Waals surface area contributed by atoms with E-state index in [1.54, 1.807) is 18.2 Å². The second kappa shape index (κ2) is 10.2. The fourth-order valence-corrected chi connectivity index (χ4v) is 3.74. The van der Waals surface area contributed by atoms with Crippen LogP contribution in [0.4, 0.5) is 14.5 Å². The Labute approximate surface area is 179 Å². The van der Waals surface area contributed by atoms with Crippen LogP contribution in [0.15, 0.2) is 36.4 Å². The van der Waals surface area contributed by atoms with E-state index in [-0.39, 0.29) is 18.1 Å². The maximum Gasteiger partial charge on any atom is 0.226 e. The van der Waals surface area contributed by atoms with Crippen molar-refractivity contribution in [3.05, 3.63) is 53.6 Å². The highest BCUT2D eigenvalue weighted by Crippen LogP contribution is 2.34. The highest BCUT2D eigenvalue weighted by atomic mass is 19.1. The van der Waals surface area contributed by atoms with Crippen molar-refractivity contribution in [2.24, 2.45) is 0 Å². The molecule has 2 aromatic rings. The monoisotopic (exact) mass is 432 g/mol. The van der Waals surface area contributed by atoms with Gasteiger partial charge in [-0.05, 0) is 49.9 Å². The van der Waals surface area contributed by atoms with Crippen LogP contribution in [0, 0.1) is 11.6 Å². The standard InChI is InChI=1S/C23H26F2N2O4/c1-14(28)26-19(23-17(24)8-5-9-18(23)25)13-22(29)27-15-10-11-20(30-2)21(12-15)31-16-6-3-4-7-16/h5,8-12,16,19H,3-4,6-7,13H2,1-2H3,(H,26,28)(H,27,29). The molecule has 2 N–H and O–H groups in total. The van der Waals surface area contributed by atoms with E-state index < -0.39 is 29.5 Å². The number of ether oxygens (including phenoxy) is 2. The number of rotatable bonds is 8. The zero-order valence-corrected chi connectivity index (χ0v) is 17.5. The topological polar surface area (TPSA) is 76.7 Å². The van der Waals surface area contributed by atoms with E-state index in [4.69, 9.17) is 9.47 Å². The molecule has 1 fully saturated rings. The number of carbonyl (C=O) groups is 2. The maximum atomic E-state index is 14.2. The molecule has 3 rings (SSSR count). The van der Waals surface area contributed by atoms with E-state index in [2.05, 4.69) is 10.6 Å². The first-order valence-electron chi connectivity index (χ1n) is 10.2. The lowest BCUT2D eigenvalue weighted by atomic mass is 10.0. The number of nitrogens with one attached hydrogen (secondary N) is 2. The van der Waals surface area contributed by atoms with Gasteiger partial charge in [0.15, 0.2) is 11.5 Å². The molecule has 1 aliphatic rings. The number of anilines is 1. The first kappa shape index (κ1) is 22.5. The van der Waals surface area contributed by atoms with Gasteiger partial charge in [-0.15, -0.1) is 0 Å². The van der Waals surface area contributed by atoms with Gasteiger partial charge in [-0.2, -0.15) is 0 Å². The van der Waals surface area contributed by atoms with Crippen LogP contribution in [0.3, 0.4) is 0 Å². The summed E-state index contributed by atoms with van der Waals surface area (Å²) >= 11 is 0. The molecule has 31 heavy (non-hydrogen) atoms. The largest absolute Gasteiger partial charge is 0.493 e. The van der Waals surface area contributed by atoms with Gasteiger partial charge in [0, 0.05) is 24.2 Å². The molecular weight excluding hydrogens is 406 g/mol. The number of methoxy groups -OCH3 is 1. The number of amides is 2. The third-order valence-corrected chi connectivity index (χ3v) is 5.16. The summed E-state index contributed by atoms with van der Waals surface area (Å²) in [6.07, 6.45) is 3.91. The smallest absolute Gasteiger partial charge is 0.226 e. The molecule has 1 aliphatic carbocycles. The van der Waals surface area contributed by atoms with E-state index >= 15 is 0 Å². The molecule has 0 aromatic heterocycles. The summed E-state index contributed by atoms with van der Waals surface area (Å²) in [4.78, 5) is 24.2. The van der Waals surface area contributed by atoms with Crippen molar-refractivity contribution < 1.29 is 27.8 Å². The van der Waals surface area contributed by atoms with Crippen LogP contribution in [-0.4, -0.2) is 25.0 Å². The normalized spacial score (nSPS) is 14.7. The molecule has 0 radical (unpaired) electrons. The zero-order valence-electron chi connectivity index (χ0n) is 17.5. The van der Waals surface area contributed by atoms with Gasteiger partial charge in [0.05, 0.1) is 25.7 Å². The minimum atomic E-state index is -1.15. The maximum absolute atomic E-state index is 14.2. The van der Waals surface area contributed by atoms with Gasteiger partial charge in [-0.1, -0.05) is 6.07 Å². The Hall–Kier alpha value is -3.16. The minimum Gasteiger partial charge on any atom is -0.493 e. The molecule has 1 atom stereocenters. The van der Waals surface area contributed by atoms with Crippen LogP contribution in [0.25, 0.3) is 0 Å². The van der Waals surface area contributed by atoms with Crippen LogP contribution in [0.5, 0.6) is 11.5 Å². The summed E-state index contributed by atoms with van der Waals surface area (Å²) in [5, 5.41) is 5.15. The molecule has 0 aliphatic heterocycles. The Morgan fingerprint density at radius 1 is 1.10 bits per heavy atom. The molecule has 0 bridgehead atoms. The Bertz CT molecular complexity index is 925. The summed E-state index contributed by atoms with van der Waals surface area (Å²) in [5.74, 6) is -1.61. The fraction of sp³-hybridized carbons (Fsp3) is 0.391. The molecule has 1 unspecified atom stereocenters. The summed E-state index contributed by atoms with van der Waals surface area (Å²) in [6, 6.07) is 7.24. The van der Waals surface area contributed by atoms with Crippen LogP contribution in [-0.2, 0) is 9.59 Å².